The maximum absolute atomic E-state index is 13.6. The molecule has 0 bridgehead atoms. The number of ether oxygens (including phenoxy) is 1. The van der Waals surface area contributed by atoms with Crippen LogP contribution in [0.2, 0.25) is 0 Å². The molecule has 1 atom stereocenters. The van der Waals surface area contributed by atoms with Crippen LogP contribution in [0.3, 0.4) is 0 Å². The molecule has 0 aliphatic heterocycles. The Bertz CT molecular complexity index is 901. The molecule has 148 valence electrons. The first-order valence-electron chi connectivity index (χ1n) is 8.17. The van der Waals surface area contributed by atoms with Gasteiger partial charge in [0.05, 0.1) is 12.1 Å². The summed E-state index contributed by atoms with van der Waals surface area (Å²) in [6.07, 6.45) is -1.43. The Labute approximate surface area is 158 Å². The molecule has 0 spiro atoms. The van der Waals surface area contributed by atoms with E-state index in [1.54, 1.807) is 24.3 Å². The van der Waals surface area contributed by atoms with Gasteiger partial charge in [-0.2, -0.15) is 0 Å². The zero-order chi connectivity index (χ0) is 20.8. The predicted molar refractivity (Wildman–Crippen MR) is 94.9 cm³/mol. The van der Waals surface area contributed by atoms with E-state index < -0.39 is 41.1 Å². The van der Waals surface area contributed by atoms with Crippen LogP contribution in [0, 0.1) is 17.5 Å². The minimum atomic E-state index is -1.72. The first-order chi connectivity index (χ1) is 13.2. The summed E-state index contributed by atoms with van der Waals surface area (Å²) in [7, 11) is 0. The number of carbonyl (C=O) groups excluding carboxylic acids is 3. The number of hydrogen-bond acceptors (Lipinski definition) is 4. The lowest BCUT2D eigenvalue weighted by molar-refractivity contribution is -0.152. The normalized spacial score (nSPS) is 11.5. The van der Waals surface area contributed by atoms with Gasteiger partial charge in [0.15, 0.2) is 23.6 Å². The Hall–Kier alpha value is -3.36. The molecular weight excluding hydrogens is 377 g/mol. The Kier molecular flexibility index (Phi) is 6.75. The zero-order valence-electron chi connectivity index (χ0n) is 15.0. The van der Waals surface area contributed by atoms with Gasteiger partial charge >= 0.3 is 5.97 Å². The molecule has 0 aliphatic carbocycles. The average molecular weight is 394 g/mol. The van der Waals surface area contributed by atoms with Gasteiger partial charge in [-0.25, -0.2) is 13.2 Å². The fraction of sp³-hybridized carbons (Fsp3) is 0.211. The van der Waals surface area contributed by atoms with Crippen LogP contribution in [0.15, 0.2) is 36.4 Å². The lowest BCUT2D eigenvalue weighted by Gasteiger charge is -2.14. The minimum Gasteiger partial charge on any atom is -0.452 e. The van der Waals surface area contributed by atoms with Gasteiger partial charge in [-0.3, -0.25) is 14.4 Å². The number of benzene rings is 2. The van der Waals surface area contributed by atoms with E-state index >= 15 is 0 Å². The van der Waals surface area contributed by atoms with Gasteiger partial charge in [0.1, 0.15) is 0 Å². The van der Waals surface area contributed by atoms with E-state index in [4.69, 9.17) is 4.74 Å². The number of halogens is 3. The van der Waals surface area contributed by atoms with E-state index in [0.717, 1.165) is 6.07 Å². The van der Waals surface area contributed by atoms with Crippen LogP contribution in [0.5, 0.6) is 0 Å². The second-order valence-electron chi connectivity index (χ2n) is 5.90. The van der Waals surface area contributed by atoms with E-state index in [-0.39, 0.29) is 12.3 Å². The third-order valence-corrected chi connectivity index (χ3v) is 3.59. The van der Waals surface area contributed by atoms with E-state index in [1.807, 2.05) is 5.32 Å². The number of anilines is 2. The third-order valence-electron chi connectivity index (χ3n) is 3.59. The van der Waals surface area contributed by atoms with E-state index in [9.17, 15) is 27.6 Å². The van der Waals surface area contributed by atoms with Crippen molar-refractivity contribution >= 4 is 29.2 Å². The minimum absolute atomic E-state index is 0.141. The molecule has 2 N–H and O–H groups in total. The highest BCUT2D eigenvalue weighted by Gasteiger charge is 2.21. The molecule has 28 heavy (non-hydrogen) atoms. The fourth-order valence-corrected chi connectivity index (χ4v) is 2.23. The summed E-state index contributed by atoms with van der Waals surface area (Å²) in [5.41, 5.74) is 0.574. The van der Waals surface area contributed by atoms with Crippen molar-refractivity contribution in [3.63, 3.8) is 0 Å². The van der Waals surface area contributed by atoms with Crippen LogP contribution in [-0.2, 0) is 25.5 Å². The van der Waals surface area contributed by atoms with Gasteiger partial charge in [-0.05, 0) is 36.8 Å². The molecule has 0 aliphatic rings. The second-order valence-corrected chi connectivity index (χ2v) is 5.90. The summed E-state index contributed by atoms with van der Waals surface area (Å²) in [6.45, 7) is 2.62. The highest BCUT2D eigenvalue weighted by atomic mass is 19.2. The van der Waals surface area contributed by atoms with Crippen LogP contribution in [0.1, 0.15) is 19.4 Å². The fourth-order valence-electron chi connectivity index (χ4n) is 2.23. The molecule has 6 nitrogen and oxygen atoms in total. The van der Waals surface area contributed by atoms with Gasteiger partial charge in [0.2, 0.25) is 5.91 Å². The van der Waals surface area contributed by atoms with Crippen LogP contribution >= 0.6 is 0 Å². The van der Waals surface area contributed by atoms with Crippen molar-refractivity contribution in [3.05, 3.63) is 59.4 Å². The van der Waals surface area contributed by atoms with Crippen molar-refractivity contribution in [3.8, 4) is 0 Å². The number of esters is 1. The van der Waals surface area contributed by atoms with E-state index in [2.05, 4.69) is 5.32 Å². The highest BCUT2D eigenvalue weighted by Crippen LogP contribution is 2.20. The smallest absolute Gasteiger partial charge is 0.311 e. The Morgan fingerprint density at radius 2 is 1.61 bits per heavy atom. The van der Waals surface area contributed by atoms with Crippen LogP contribution in [0.25, 0.3) is 0 Å². The molecule has 2 aromatic rings. The van der Waals surface area contributed by atoms with E-state index in [1.165, 1.54) is 13.8 Å². The SMILES string of the molecule is CC(=O)Nc1ccc(CC(=O)O[C@H](C)C(=O)Nc2ccc(F)c(F)c2F)cc1. The van der Waals surface area contributed by atoms with Crippen molar-refractivity contribution in [2.45, 2.75) is 26.4 Å². The van der Waals surface area contributed by atoms with Gasteiger partial charge in [-0.1, -0.05) is 12.1 Å². The third kappa shape index (κ3) is 5.57. The van der Waals surface area contributed by atoms with Crippen LogP contribution in [-0.4, -0.2) is 23.9 Å². The zero-order valence-corrected chi connectivity index (χ0v) is 15.0. The molecule has 2 amide bonds. The van der Waals surface area contributed by atoms with Gasteiger partial charge in [0.25, 0.3) is 5.91 Å². The number of rotatable bonds is 6. The van der Waals surface area contributed by atoms with E-state index in [0.29, 0.717) is 17.3 Å². The first-order valence-corrected chi connectivity index (χ1v) is 8.17. The summed E-state index contributed by atoms with van der Waals surface area (Å²) in [4.78, 5) is 34.9. The summed E-state index contributed by atoms with van der Waals surface area (Å²) < 4.78 is 44.6. The lowest BCUT2D eigenvalue weighted by Crippen LogP contribution is -2.31. The summed E-state index contributed by atoms with van der Waals surface area (Å²) >= 11 is 0. The van der Waals surface area contributed by atoms with Crippen LogP contribution in [0.4, 0.5) is 24.5 Å². The monoisotopic (exact) mass is 394 g/mol. The maximum atomic E-state index is 13.6. The molecule has 9 heteroatoms. The number of nitrogens with one attached hydrogen (secondary N) is 2. The summed E-state index contributed by atoms with van der Waals surface area (Å²) in [6, 6.07) is 7.94. The molecule has 0 radical (unpaired) electrons. The molecule has 0 aromatic heterocycles. The van der Waals surface area contributed by atoms with Crippen molar-refractivity contribution in [2.24, 2.45) is 0 Å². The second kappa shape index (κ2) is 9.03. The molecule has 0 fully saturated rings. The molecule has 2 rings (SSSR count). The number of amides is 2. The quantitative estimate of drug-likeness (QED) is 0.582. The molecule has 2 aromatic carbocycles. The number of carbonyl (C=O) groups is 3. The average Bonchev–Trinajstić information content (AvgIpc) is 2.63. The topological polar surface area (TPSA) is 84.5 Å². The first kappa shape index (κ1) is 20.9. The van der Waals surface area contributed by atoms with Crippen LogP contribution < -0.4 is 10.6 Å². The standard InChI is InChI=1S/C19H17F3N2O4/c1-10(19(27)24-15-8-7-14(20)17(21)18(15)22)28-16(26)9-12-3-5-13(6-4-12)23-11(2)25/h3-8,10H,9H2,1-2H3,(H,23,25)(H,24,27)/t10-/m1/s1. The summed E-state index contributed by atoms with van der Waals surface area (Å²) in [5, 5.41) is 4.61. The highest BCUT2D eigenvalue weighted by molar-refractivity contribution is 5.95. The van der Waals surface area contributed by atoms with Crippen molar-refractivity contribution < 1.29 is 32.3 Å². The molecule has 0 saturated heterocycles. The Morgan fingerprint density at radius 1 is 0.964 bits per heavy atom. The van der Waals surface area contributed by atoms with Gasteiger partial charge in [0, 0.05) is 12.6 Å². The number of hydrogen-bond donors (Lipinski definition) is 2. The predicted octanol–water partition coefficient (Wildman–Crippen LogP) is 3.18. The van der Waals surface area contributed by atoms with Crippen molar-refractivity contribution in [1.82, 2.24) is 0 Å². The maximum Gasteiger partial charge on any atom is 0.311 e. The van der Waals surface area contributed by atoms with Crippen molar-refractivity contribution in [1.29, 1.82) is 0 Å². The molecule has 0 heterocycles. The molecule has 0 unspecified atom stereocenters. The lowest BCUT2D eigenvalue weighted by atomic mass is 10.1. The largest absolute Gasteiger partial charge is 0.452 e. The Balaban J connectivity index is 1.92. The Morgan fingerprint density at radius 3 is 2.21 bits per heavy atom. The van der Waals surface area contributed by atoms with Crippen molar-refractivity contribution in [2.75, 3.05) is 10.6 Å². The summed E-state index contributed by atoms with van der Waals surface area (Å²) in [5.74, 6) is -6.51. The van der Waals surface area contributed by atoms with Gasteiger partial charge in [-0.15, -0.1) is 0 Å². The van der Waals surface area contributed by atoms with Gasteiger partial charge < -0.3 is 15.4 Å². The molecule has 0 saturated carbocycles. The molecular formula is C19H17F3N2O4.